The van der Waals surface area contributed by atoms with Crippen molar-refractivity contribution in [1.82, 2.24) is 20.6 Å². The quantitative estimate of drug-likeness (QED) is 0.624. The Morgan fingerprint density at radius 1 is 1.15 bits per heavy atom. The van der Waals surface area contributed by atoms with Gasteiger partial charge in [-0.05, 0) is 44.1 Å². The molecule has 3 N–H and O–H groups in total. The Labute approximate surface area is 161 Å². The SMILES string of the molecule is O=C(CCc1nc2sc3c(c2c(=O)[nH]1)CCCC3)NCCNC(=O)C1CC1. The van der Waals surface area contributed by atoms with Crippen LogP contribution < -0.4 is 16.2 Å². The number of aromatic amines is 1. The van der Waals surface area contributed by atoms with Gasteiger partial charge in [-0.25, -0.2) is 4.98 Å². The number of fused-ring (bicyclic) bond motifs is 3. The van der Waals surface area contributed by atoms with Gasteiger partial charge in [0.15, 0.2) is 0 Å². The van der Waals surface area contributed by atoms with Gasteiger partial charge in [0.1, 0.15) is 10.7 Å². The predicted molar refractivity (Wildman–Crippen MR) is 104 cm³/mol. The normalized spacial score (nSPS) is 16.1. The zero-order valence-corrected chi connectivity index (χ0v) is 16.0. The molecular weight excluding hydrogens is 364 g/mol. The van der Waals surface area contributed by atoms with Crippen LogP contribution in [0, 0.1) is 5.92 Å². The van der Waals surface area contributed by atoms with Crippen molar-refractivity contribution in [2.24, 2.45) is 5.92 Å². The van der Waals surface area contributed by atoms with E-state index in [0.717, 1.165) is 42.3 Å². The lowest BCUT2D eigenvalue weighted by molar-refractivity contribution is -0.123. The van der Waals surface area contributed by atoms with Crippen molar-refractivity contribution in [1.29, 1.82) is 0 Å². The number of carbonyl (C=O) groups is 2. The van der Waals surface area contributed by atoms with Crippen molar-refractivity contribution < 1.29 is 9.59 Å². The van der Waals surface area contributed by atoms with Gasteiger partial charge < -0.3 is 15.6 Å². The molecule has 0 spiro atoms. The summed E-state index contributed by atoms with van der Waals surface area (Å²) in [5.74, 6) is 0.714. The second-order valence-corrected chi connectivity index (χ2v) is 8.40. The lowest BCUT2D eigenvalue weighted by Gasteiger charge is -2.09. The number of hydrogen-bond donors (Lipinski definition) is 3. The summed E-state index contributed by atoms with van der Waals surface area (Å²) in [6.45, 7) is 0.862. The van der Waals surface area contributed by atoms with Crippen molar-refractivity contribution >= 4 is 33.4 Å². The summed E-state index contributed by atoms with van der Waals surface area (Å²) in [5.41, 5.74) is 1.09. The Balaban J connectivity index is 1.30. The molecule has 144 valence electrons. The first kappa shape index (κ1) is 18.2. The molecule has 0 atom stereocenters. The van der Waals surface area contributed by atoms with Gasteiger partial charge in [-0.1, -0.05) is 0 Å². The molecule has 2 aliphatic carbocycles. The highest BCUT2D eigenvalue weighted by Gasteiger charge is 2.29. The average Bonchev–Trinajstić information content (AvgIpc) is 3.44. The first-order valence-electron chi connectivity index (χ1n) is 9.69. The topological polar surface area (TPSA) is 104 Å². The Hall–Kier alpha value is -2.22. The number of nitrogens with zero attached hydrogens (tertiary/aromatic N) is 1. The highest BCUT2D eigenvalue weighted by molar-refractivity contribution is 7.18. The van der Waals surface area contributed by atoms with Crippen LogP contribution in [-0.4, -0.2) is 34.9 Å². The summed E-state index contributed by atoms with van der Waals surface area (Å²) in [6.07, 6.45) is 6.89. The molecule has 0 radical (unpaired) electrons. The number of amides is 2. The van der Waals surface area contributed by atoms with Crippen LogP contribution in [0.2, 0.25) is 0 Å². The third kappa shape index (κ3) is 4.21. The van der Waals surface area contributed by atoms with Crippen molar-refractivity contribution in [2.45, 2.75) is 51.4 Å². The highest BCUT2D eigenvalue weighted by atomic mass is 32.1. The number of carbonyl (C=O) groups excluding carboxylic acids is 2. The van der Waals surface area contributed by atoms with Crippen LogP contribution in [0.1, 0.15) is 48.4 Å². The fraction of sp³-hybridized carbons (Fsp3) is 0.579. The first-order valence-corrected chi connectivity index (χ1v) is 10.5. The van der Waals surface area contributed by atoms with Crippen molar-refractivity contribution in [2.75, 3.05) is 13.1 Å². The summed E-state index contributed by atoms with van der Waals surface area (Å²) in [4.78, 5) is 45.5. The molecule has 27 heavy (non-hydrogen) atoms. The molecule has 0 unspecified atom stereocenters. The second kappa shape index (κ2) is 7.80. The number of aromatic nitrogens is 2. The van der Waals surface area contributed by atoms with Crippen LogP contribution in [0.25, 0.3) is 10.2 Å². The van der Waals surface area contributed by atoms with Gasteiger partial charge in [0.2, 0.25) is 11.8 Å². The molecule has 0 aliphatic heterocycles. The van der Waals surface area contributed by atoms with Crippen molar-refractivity contribution in [3.8, 4) is 0 Å². The molecule has 2 aromatic heterocycles. The summed E-state index contributed by atoms with van der Waals surface area (Å²) >= 11 is 1.62. The lowest BCUT2D eigenvalue weighted by atomic mass is 9.97. The van der Waals surface area contributed by atoms with Gasteiger partial charge in [-0.15, -0.1) is 11.3 Å². The van der Waals surface area contributed by atoms with Gasteiger partial charge in [0, 0.05) is 36.7 Å². The van der Waals surface area contributed by atoms with E-state index in [1.54, 1.807) is 11.3 Å². The molecule has 2 amide bonds. The molecule has 1 saturated carbocycles. The lowest BCUT2D eigenvalue weighted by Crippen LogP contribution is -2.35. The molecule has 0 bridgehead atoms. The second-order valence-electron chi connectivity index (χ2n) is 7.32. The molecular formula is C19H24N4O3S. The maximum absolute atomic E-state index is 12.5. The fourth-order valence-corrected chi connectivity index (χ4v) is 4.81. The predicted octanol–water partition coefficient (Wildman–Crippen LogP) is 1.44. The molecule has 1 fully saturated rings. The molecule has 7 nitrogen and oxygen atoms in total. The van der Waals surface area contributed by atoms with Gasteiger partial charge in [-0.3, -0.25) is 14.4 Å². The van der Waals surface area contributed by atoms with Crippen molar-refractivity contribution in [3.63, 3.8) is 0 Å². The zero-order chi connectivity index (χ0) is 18.8. The minimum Gasteiger partial charge on any atom is -0.354 e. The van der Waals surface area contributed by atoms with Crippen LogP contribution in [0.3, 0.4) is 0 Å². The van der Waals surface area contributed by atoms with Gasteiger partial charge >= 0.3 is 0 Å². The fourth-order valence-electron chi connectivity index (χ4n) is 3.52. The summed E-state index contributed by atoms with van der Waals surface area (Å²) in [7, 11) is 0. The zero-order valence-electron chi connectivity index (χ0n) is 15.2. The van der Waals surface area contributed by atoms with Crippen LogP contribution >= 0.6 is 11.3 Å². The molecule has 2 aromatic rings. The Morgan fingerprint density at radius 3 is 2.74 bits per heavy atom. The molecule has 8 heteroatoms. The van der Waals surface area contributed by atoms with E-state index in [-0.39, 0.29) is 29.7 Å². The van der Waals surface area contributed by atoms with E-state index in [2.05, 4.69) is 20.6 Å². The van der Waals surface area contributed by atoms with E-state index in [4.69, 9.17) is 0 Å². The number of nitrogens with one attached hydrogen (secondary N) is 3. The van der Waals surface area contributed by atoms with Crippen LogP contribution in [0.15, 0.2) is 4.79 Å². The van der Waals surface area contributed by atoms with E-state index in [9.17, 15) is 14.4 Å². The minimum atomic E-state index is -0.108. The number of aryl methyl sites for hydroxylation is 3. The summed E-state index contributed by atoms with van der Waals surface area (Å²) < 4.78 is 0. The Morgan fingerprint density at radius 2 is 1.93 bits per heavy atom. The van der Waals surface area contributed by atoms with Gasteiger partial charge in [-0.2, -0.15) is 0 Å². The number of H-pyrrole nitrogens is 1. The van der Waals surface area contributed by atoms with E-state index in [0.29, 0.717) is 25.3 Å². The highest BCUT2D eigenvalue weighted by Crippen LogP contribution is 2.33. The largest absolute Gasteiger partial charge is 0.354 e. The smallest absolute Gasteiger partial charge is 0.259 e. The van der Waals surface area contributed by atoms with Crippen molar-refractivity contribution in [3.05, 3.63) is 26.6 Å². The van der Waals surface area contributed by atoms with E-state index in [1.807, 2.05) is 0 Å². The summed E-state index contributed by atoms with van der Waals surface area (Å²) in [5, 5.41) is 6.35. The molecule has 2 heterocycles. The van der Waals surface area contributed by atoms with E-state index in [1.165, 1.54) is 16.9 Å². The monoisotopic (exact) mass is 388 g/mol. The molecule has 2 aliphatic rings. The number of rotatable bonds is 7. The third-order valence-electron chi connectivity index (χ3n) is 5.16. The van der Waals surface area contributed by atoms with Gasteiger partial charge in [0.25, 0.3) is 5.56 Å². The number of hydrogen-bond acceptors (Lipinski definition) is 5. The minimum absolute atomic E-state index is 0.0815. The average molecular weight is 388 g/mol. The molecule has 4 rings (SSSR count). The summed E-state index contributed by atoms with van der Waals surface area (Å²) in [6, 6.07) is 0. The molecule has 0 aromatic carbocycles. The van der Waals surface area contributed by atoms with Crippen LogP contribution in [0.4, 0.5) is 0 Å². The van der Waals surface area contributed by atoms with Crippen LogP contribution in [-0.2, 0) is 28.9 Å². The standard InChI is InChI=1S/C19H24N4O3S/c24-15(20-9-10-21-17(25)11-5-6-11)8-7-14-22-18(26)16-12-3-1-2-4-13(12)27-19(16)23-14/h11H,1-10H2,(H,20,24)(H,21,25)(H,22,23,26). The first-order chi connectivity index (χ1) is 13.1. The van der Waals surface area contributed by atoms with E-state index >= 15 is 0 Å². The maximum Gasteiger partial charge on any atom is 0.259 e. The third-order valence-corrected chi connectivity index (χ3v) is 6.34. The van der Waals surface area contributed by atoms with Crippen LogP contribution in [0.5, 0.6) is 0 Å². The Bertz CT molecular complexity index is 929. The van der Waals surface area contributed by atoms with E-state index < -0.39 is 0 Å². The van der Waals surface area contributed by atoms with Gasteiger partial charge in [0.05, 0.1) is 5.39 Å². The Kier molecular flexibility index (Phi) is 5.24. The number of thiophene rings is 1. The maximum atomic E-state index is 12.5. The molecule has 0 saturated heterocycles.